The SMILES string of the molecule is Cc1ccc(C(=O)NN/C(=N\S(=O)(=O)[C@@H](C)Cc2ncc(F)cn2)NC2CC2)o1. The van der Waals surface area contributed by atoms with E-state index in [-0.39, 0.29) is 30.0 Å². The summed E-state index contributed by atoms with van der Waals surface area (Å²) in [6, 6.07) is 3.21. The van der Waals surface area contributed by atoms with E-state index in [0.29, 0.717) is 5.76 Å². The van der Waals surface area contributed by atoms with Gasteiger partial charge < -0.3 is 9.73 Å². The molecule has 1 aliphatic rings. The maximum atomic E-state index is 12.9. The number of sulfonamides is 1. The molecule has 0 bridgehead atoms. The van der Waals surface area contributed by atoms with Gasteiger partial charge in [-0.3, -0.25) is 15.6 Å². The lowest BCUT2D eigenvalue weighted by Crippen LogP contribution is -2.49. The number of carbonyl (C=O) groups excluding carboxylic acids is 1. The van der Waals surface area contributed by atoms with Crippen molar-refractivity contribution in [2.45, 2.75) is 44.4 Å². The third-order valence-corrected chi connectivity index (χ3v) is 5.67. The van der Waals surface area contributed by atoms with Gasteiger partial charge in [-0.05, 0) is 38.8 Å². The Morgan fingerprint density at radius 2 is 2.00 bits per heavy atom. The van der Waals surface area contributed by atoms with Crippen LogP contribution in [0.2, 0.25) is 0 Å². The number of aryl methyl sites for hydroxylation is 1. The van der Waals surface area contributed by atoms with E-state index in [0.717, 1.165) is 25.2 Å². The summed E-state index contributed by atoms with van der Waals surface area (Å²) >= 11 is 0. The van der Waals surface area contributed by atoms with Crippen LogP contribution in [0.4, 0.5) is 4.39 Å². The predicted octanol–water partition coefficient (Wildman–Crippen LogP) is 0.821. The number of nitrogens with one attached hydrogen (secondary N) is 3. The minimum Gasteiger partial charge on any atom is -0.456 e. The molecule has 0 aromatic carbocycles. The molecule has 1 aliphatic carbocycles. The Bertz CT molecular complexity index is 1000. The van der Waals surface area contributed by atoms with Crippen molar-refractivity contribution < 1.29 is 22.0 Å². The first kappa shape index (κ1) is 20.7. The number of halogens is 1. The second-order valence-corrected chi connectivity index (χ2v) is 8.71. The largest absolute Gasteiger partial charge is 0.456 e. The van der Waals surface area contributed by atoms with E-state index in [9.17, 15) is 17.6 Å². The summed E-state index contributed by atoms with van der Waals surface area (Å²) in [7, 11) is -3.98. The van der Waals surface area contributed by atoms with E-state index < -0.39 is 27.0 Å². The van der Waals surface area contributed by atoms with Crippen molar-refractivity contribution in [3.8, 4) is 0 Å². The van der Waals surface area contributed by atoms with Crippen LogP contribution in [0, 0.1) is 12.7 Å². The van der Waals surface area contributed by atoms with Crippen LogP contribution in [0.15, 0.2) is 33.3 Å². The van der Waals surface area contributed by atoms with Crippen LogP contribution in [0.1, 0.15) is 41.9 Å². The lowest BCUT2D eigenvalue weighted by molar-refractivity contribution is 0.0914. The second-order valence-electron chi connectivity index (χ2n) is 6.70. The van der Waals surface area contributed by atoms with Crippen molar-refractivity contribution in [3.05, 3.63) is 47.7 Å². The third kappa shape index (κ3) is 5.98. The molecule has 3 N–H and O–H groups in total. The fourth-order valence-corrected chi connectivity index (χ4v) is 3.16. The molecule has 3 rings (SSSR count). The number of carbonyl (C=O) groups is 1. The molecule has 12 heteroatoms. The van der Waals surface area contributed by atoms with Gasteiger partial charge in [-0.25, -0.2) is 22.8 Å². The first-order chi connectivity index (χ1) is 13.7. The molecule has 0 saturated heterocycles. The van der Waals surface area contributed by atoms with Crippen LogP contribution in [0.5, 0.6) is 0 Å². The summed E-state index contributed by atoms with van der Waals surface area (Å²) in [4.78, 5) is 19.6. The third-order valence-electron chi connectivity index (χ3n) is 4.05. The highest BCUT2D eigenvalue weighted by Crippen LogP contribution is 2.18. The Labute approximate surface area is 167 Å². The molecule has 10 nitrogen and oxygen atoms in total. The Morgan fingerprint density at radius 1 is 1.31 bits per heavy atom. The van der Waals surface area contributed by atoms with Gasteiger partial charge in [0.05, 0.1) is 17.6 Å². The summed E-state index contributed by atoms with van der Waals surface area (Å²) in [5.41, 5.74) is 4.86. The van der Waals surface area contributed by atoms with Gasteiger partial charge in [0.1, 0.15) is 11.6 Å². The van der Waals surface area contributed by atoms with Gasteiger partial charge in [0.25, 0.3) is 10.0 Å². The highest BCUT2D eigenvalue weighted by Gasteiger charge is 2.27. The van der Waals surface area contributed by atoms with Gasteiger partial charge in [-0.15, -0.1) is 4.40 Å². The average molecular weight is 424 g/mol. The maximum absolute atomic E-state index is 12.9. The van der Waals surface area contributed by atoms with E-state index >= 15 is 0 Å². The first-order valence-corrected chi connectivity index (χ1v) is 10.4. The monoisotopic (exact) mass is 424 g/mol. The summed E-state index contributed by atoms with van der Waals surface area (Å²) < 4.78 is 47.1. The quantitative estimate of drug-likeness (QED) is 0.352. The van der Waals surface area contributed by atoms with E-state index in [1.165, 1.54) is 13.0 Å². The zero-order valence-electron chi connectivity index (χ0n) is 15.8. The molecule has 29 heavy (non-hydrogen) atoms. The van der Waals surface area contributed by atoms with E-state index in [1.54, 1.807) is 13.0 Å². The van der Waals surface area contributed by atoms with Gasteiger partial charge in [0.15, 0.2) is 11.6 Å². The van der Waals surface area contributed by atoms with Crippen molar-refractivity contribution in [2.75, 3.05) is 0 Å². The fraction of sp³-hybridized carbons (Fsp3) is 0.412. The molecule has 0 spiro atoms. The van der Waals surface area contributed by atoms with Crippen LogP contribution < -0.4 is 16.2 Å². The number of aromatic nitrogens is 2. The zero-order valence-corrected chi connectivity index (χ0v) is 16.7. The Hall–Kier alpha value is -3.02. The molecule has 0 unspecified atom stereocenters. The van der Waals surface area contributed by atoms with Crippen LogP contribution in [0.25, 0.3) is 0 Å². The van der Waals surface area contributed by atoms with E-state index in [2.05, 4.69) is 30.5 Å². The molecule has 1 saturated carbocycles. The summed E-state index contributed by atoms with van der Waals surface area (Å²) in [5, 5.41) is 1.96. The van der Waals surface area contributed by atoms with Crippen LogP contribution >= 0.6 is 0 Å². The second kappa shape index (κ2) is 8.55. The highest BCUT2D eigenvalue weighted by atomic mass is 32.2. The Balaban J connectivity index is 1.68. The molecule has 0 aliphatic heterocycles. The maximum Gasteiger partial charge on any atom is 0.305 e. The van der Waals surface area contributed by atoms with Crippen molar-refractivity contribution >= 4 is 21.9 Å². The van der Waals surface area contributed by atoms with Crippen molar-refractivity contribution in [3.63, 3.8) is 0 Å². The summed E-state index contributed by atoms with van der Waals surface area (Å²) in [5.74, 6) is -0.455. The van der Waals surface area contributed by atoms with Gasteiger partial charge in [-0.2, -0.15) is 0 Å². The van der Waals surface area contributed by atoms with Crippen molar-refractivity contribution in [1.82, 2.24) is 26.1 Å². The van der Waals surface area contributed by atoms with Crippen LogP contribution in [0.3, 0.4) is 0 Å². The zero-order chi connectivity index (χ0) is 21.0. The number of amides is 1. The smallest absolute Gasteiger partial charge is 0.305 e. The number of hydrogen-bond donors (Lipinski definition) is 3. The minimum atomic E-state index is -3.98. The van der Waals surface area contributed by atoms with Crippen LogP contribution in [-0.2, 0) is 16.4 Å². The Morgan fingerprint density at radius 3 is 2.59 bits per heavy atom. The van der Waals surface area contributed by atoms with Crippen molar-refractivity contribution in [2.24, 2.45) is 4.40 Å². The number of hydrogen-bond acceptors (Lipinski definition) is 6. The fourth-order valence-electron chi connectivity index (χ4n) is 2.26. The molecule has 2 aromatic heterocycles. The molecule has 2 aromatic rings. The number of furan rings is 1. The van der Waals surface area contributed by atoms with Gasteiger partial charge in [-0.1, -0.05) is 0 Å². The van der Waals surface area contributed by atoms with Gasteiger partial charge in [0, 0.05) is 12.5 Å². The molecule has 1 fully saturated rings. The Kier molecular flexibility index (Phi) is 6.11. The number of guanidine groups is 1. The molecule has 1 atom stereocenters. The number of hydrazine groups is 1. The molecular weight excluding hydrogens is 403 g/mol. The normalized spacial score (nSPS) is 15.6. The lowest BCUT2D eigenvalue weighted by Gasteiger charge is -2.14. The van der Waals surface area contributed by atoms with Gasteiger partial charge in [0.2, 0.25) is 5.96 Å². The molecule has 2 heterocycles. The molecular formula is C17H21FN6O4S. The van der Waals surface area contributed by atoms with E-state index in [1.807, 2.05) is 0 Å². The topological polar surface area (TPSA) is 139 Å². The highest BCUT2D eigenvalue weighted by molar-refractivity contribution is 7.90. The van der Waals surface area contributed by atoms with Gasteiger partial charge >= 0.3 is 5.91 Å². The molecule has 0 radical (unpaired) electrons. The average Bonchev–Trinajstić information content (AvgIpc) is 3.38. The summed E-state index contributed by atoms with van der Waals surface area (Å²) in [6.45, 7) is 3.15. The van der Waals surface area contributed by atoms with Crippen molar-refractivity contribution in [1.29, 1.82) is 0 Å². The number of rotatable bonds is 6. The summed E-state index contributed by atoms with van der Waals surface area (Å²) in [6.07, 6.45) is 3.63. The minimum absolute atomic E-state index is 0.0408. The number of nitrogens with zero attached hydrogens (tertiary/aromatic N) is 3. The predicted molar refractivity (Wildman–Crippen MR) is 102 cm³/mol. The van der Waals surface area contributed by atoms with Crippen LogP contribution in [-0.4, -0.2) is 41.5 Å². The lowest BCUT2D eigenvalue weighted by atomic mass is 10.3. The molecule has 156 valence electrons. The molecule has 1 amide bonds. The first-order valence-electron chi connectivity index (χ1n) is 8.92. The standard InChI is InChI=1S/C17H21FN6O4S/c1-10-3-6-14(28-10)16(25)22-23-17(21-13-4-5-13)24-29(26,27)11(2)7-15-19-8-12(18)9-20-15/h3,6,8-9,11,13H,4-5,7H2,1-2H3,(H,22,25)(H2,21,23,24)/t11-/m0/s1. The van der Waals surface area contributed by atoms with E-state index in [4.69, 9.17) is 4.42 Å².